The highest BCUT2D eigenvalue weighted by atomic mass is 35.5. The molecular weight excluding hydrogens is 557 g/mol. The van der Waals surface area contributed by atoms with E-state index in [0.717, 1.165) is 17.3 Å². The molecule has 0 spiro atoms. The summed E-state index contributed by atoms with van der Waals surface area (Å²) in [5.41, 5.74) is 1.38. The minimum atomic E-state index is -0.804. The molecule has 0 aromatic heterocycles. The highest BCUT2D eigenvalue weighted by molar-refractivity contribution is 8.18. The molecule has 1 heterocycles. The molecule has 0 fully saturated rings. The number of ether oxygens (including phenoxy) is 3. The van der Waals surface area contributed by atoms with Crippen LogP contribution in [0, 0.1) is 5.82 Å². The first-order valence-electron chi connectivity index (χ1n) is 12.3. The molecular formula is C30H25ClFNO6S. The summed E-state index contributed by atoms with van der Waals surface area (Å²) in [5, 5.41) is 11.2. The molecule has 10 heteroatoms. The topological polar surface area (TPSA) is 94.4 Å². The maximum Gasteiger partial charge on any atom is 0.344 e. The lowest BCUT2D eigenvalue weighted by atomic mass is 10.1. The molecule has 0 saturated heterocycles. The van der Waals surface area contributed by atoms with Crippen LogP contribution in [0.15, 0.2) is 88.0 Å². The SMILES string of the molecule is CCOC(=O)C1=C(O)/C(=C/c2ccc(OCc3ccc(F)cc3)c(OCC)c2)SC1=NC(=O)c1ccccc1Cl. The van der Waals surface area contributed by atoms with Crippen LogP contribution in [0.2, 0.25) is 5.02 Å². The van der Waals surface area contributed by atoms with E-state index in [2.05, 4.69) is 4.99 Å². The maximum atomic E-state index is 13.2. The summed E-state index contributed by atoms with van der Waals surface area (Å²) in [5.74, 6) is -1.22. The van der Waals surface area contributed by atoms with E-state index < -0.39 is 11.9 Å². The average molecular weight is 582 g/mol. The summed E-state index contributed by atoms with van der Waals surface area (Å²) >= 11 is 7.09. The zero-order valence-corrected chi connectivity index (χ0v) is 23.2. The van der Waals surface area contributed by atoms with E-state index in [4.69, 9.17) is 25.8 Å². The Labute approximate surface area is 239 Å². The van der Waals surface area contributed by atoms with Gasteiger partial charge in [0.1, 0.15) is 28.8 Å². The van der Waals surface area contributed by atoms with E-state index in [-0.39, 0.29) is 50.9 Å². The number of thioether (sulfide) groups is 1. The number of halogens is 2. The van der Waals surface area contributed by atoms with Crippen molar-refractivity contribution in [2.24, 2.45) is 4.99 Å². The van der Waals surface area contributed by atoms with Crippen LogP contribution >= 0.6 is 23.4 Å². The third-order valence-corrected chi connectivity index (χ3v) is 6.90. The van der Waals surface area contributed by atoms with E-state index in [1.807, 2.05) is 6.92 Å². The molecule has 0 unspecified atom stereocenters. The fourth-order valence-corrected chi connectivity index (χ4v) is 4.90. The molecule has 40 heavy (non-hydrogen) atoms. The van der Waals surface area contributed by atoms with Gasteiger partial charge in [-0.1, -0.05) is 53.7 Å². The van der Waals surface area contributed by atoms with Gasteiger partial charge in [0.25, 0.3) is 5.91 Å². The Bertz CT molecular complexity index is 1520. The van der Waals surface area contributed by atoms with Crippen LogP contribution in [-0.4, -0.2) is 35.2 Å². The number of aliphatic hydroxyl groups is 1. The van der Waals surface area contributed by atoms with Gasteiger partial charge in [0.05, 0.1) is 28.7 Å². The summed E-state index contributed by atoms with van der Waals surface area (Å²) in [6, 6.07) is 17.6. The van der Waals surface area contributed by atoms with Gasteiger partial charge in [0, 0.05) is 0 Å². The lowest BCUT2D eigenvalue weighted by Gasteiger charge is -2.13. The minimum absolute atomic E-state index is 0.00333. The molecule has 4 rings (SSSR count). The van der Waals surface area contributed by atoms with Gasteiger partial charge in [-0.15, -0.1) is 0 Å². The number of carbonyl (C=O) groups is 2. The predicted molar refractivity (Wildman–Crippen MR) is 153 cm³/mol. The van der Waals surface area contributed by atoms with Gasteiger partial charge in [-0.05, 0) is 67.4 Å². The molecule has 1 aliphatic rings. The van der Waals surface area contributed by atoms with Gasteiger partial charge >= 0.3 is 5.97 Å². The second-order valence-corrected chi connectivity index (χ2v) is 9.75. The van der Waals surface area contributed by atoms with Gasteiger partial charge < -0.3 is 19.3 Å². The van der Waals surface area contributed by atoms with Crippen molar-refractivity contribution in [3.8, 4) is 11.5 Å². The van der Waals surface area contributed by atoms with Crippen LogP contribution in [0.3, 0.4) is 0 Å². The molecule has 3 aromatic carbocycles. The zero-order valence-electron chi connectivity index (χ0n) is 21.6. The van der Waals surface area contributed by atoms with Crippen LogP contribution in [0.5, 0.6) is 11.5 Å². The van der Waals surface area contributed by atoms with Crippen molar-refractivity contribution in [1.82, 2.24) is 0 Å². The van der Waals surface area contributed by atoms with Gasteiger partial charge in [-0.3, -0.25) is 4.79 Å². The lowest BCUT2D eigenvalue weighted by molar-refractivity contribution is -0.138. The zero-order chi connectivity index (χ0) is 28.6. The number of hydrogen-bond donors (Lipinski definition) is 1. The van der Waals surface area contributed by atoms with Crippen molar-refractivity contribution in [2.75, 3.05) is 13.2 Å². The second kappa shape index (κ2) is 13.3. The summed E-state index contributed by atoms with van der Waals surface area (Å²) < 4.78 is 29.9. The number of carbonyl (C=O) groups excluding carboxylic acids is 2. The Hall–Kier alpha value is -4.08. The number of nitrogens with zero attached hydrogens (tertiary/aromatic N) is 1. The van der Waals surface area contributed by atoms with Crippen LogP contribution < -0.4 is 9.47 Å². The number of aliphatic hydroxyl groups excluding tert-OH is 1. The first-order chi connectivity index (χ1) is 19.3. The number of aliphatic imine (C=N–C) groups is 1. The molecule has 7 nitrogen and oxygen atoms in total. The Morgan fingerprint density at radius 2 is 1.75 bits per heavy atom. The van der Waals surface area contributed by atoms with Gasteiger partial charge in [0.2, 0.25) is 0 Å². The number of amides is 1. The highest BCUT2D eigenvalue weighted by Crippen LogP contribution is 2.40. The fraction of sp³-hybridized carbons (Fsp3) is 0.167. The number of benzene rings is 3. The summed E-state index contributed by atoms with van der Waals surface area (Å²) in [7, 11) is 0. The Morgan fingerprint density at radius 1 is 1.00 bits per heavy atom. The van der Waals surface area contributed by atoms with E-state index >= 15 is 0 Å². The molecule has 206 valence electrons. The number of rotatable bonds is 9. The van der Waals surface area contributed by atoms with Gasteiger partial charge in [-0.2, -0.15) is 0 Å². The Balaban J connectivity index is 1.64. The second-order valence-electron chi connectivity index (χ2n) is 8.31. The molecule has 0 atom stereocenters. The van der Waals surface area contributed by atoms with Crippen molar-refractivity contribution in [3.63, 3.8) is 0 Å². The van der Waals surface area contributed by atoms with E-state index in [1.165, 1.54) is 18.2 Å². The third-order valence-electron chi connectivity index (χ3n) is 5.55. The number of hydrogen-bond acceptors (Lipinski definition) is 7. The summed E-state index contributed by atoms with van der Waals surface area (Å²) in [4.78, 5) is 29.9. The third kappa shape index (κ3) is 6.91. The monoisotopic (exact) mass is 581 g/mol. The Morgan fingerprint density at radius 3 is 2.45 bits per heavy atom. The van der Waals surface area contributed by atoms with Crippen molar-refractivity contribution >= 4 is 46.4 Å². The van der Waals surface area contributed by atoms with Gasteiger partial charge in [0.15, 0.2) is 11.5 Å². The van der Waals surface area contributed by atoms with Crippen LogP contribution in [0.25, 0.3) is 6.08 Å². The maximum absolute atomic E-state index is 13.2. The van der Waals surface area contributed by atoms with Gasteiger partial charge in [-0.25, -0.2) is 14.2 Å². The average Bonchev–Trinajstić information content (AvgIpc) is 3.23. The summed E-state index contributed by atoms with van der Waals surface area (Å²) in [6.45, 7) is 4.13. The molecule has 1 N–H and O–H groups in total. The lowest BCUT2D eigenvalue weighted by Crippen LogP contribution is -2.14. The molecule has 0 bridgehead atoms. The molecule has 0 radical (unpaired) electrons. The van der Waals surface area contributed by atoms with Crippen molar-refractivity contribution in [1.29, 1.82) is 0 Å². The quantitative estimate of drug-likeness (QED) is 0.268. The molecule has 1 amide bonds. The van der Waals surface area contributed by atoms with Crippen molar-refractivity contribution < 1.29 is 33.3 Å². The van der Waals surface area contributed by atoms with E-state index in [0.29, 0.717) is 23.7 Å². The molecule has 3 aromatic rings. The standard InChI is InChI=1S/C30H25ClFNO6S/c1-3-37-24-15-19(11-14-23(24)39-17-18-9-12-20(32)13-10-18)16-25-27(34)26(30(36)38-4-2)29(40-25)33-28(35)21-7-5-6-8-22(21)31/h5-16,34H,3-4,17H2,1-2H3/b25-16-,33-29?. The largest absolute Gasteiger partial charge is 0.506 e. The molecule has 1 aliphatic heterocycles. The fourth-order valence-electron chi connectivity index (χ4n) is 3.67. The summed E-state index contributed by atoms with van der Waals surface area (Å²) in [6.07, 6.45) is 1.63. The first-order valence-corrected chi connectivity index (χ1v) is 13.5. The minimum Gasteiger partial charge on any atom is -0.506 e. The van der Waals surface area contributed by atoms with Crippen LogP contribution in [0.1, 0.15) is 35.3 Å². The van der Waals surface area contributed by atoms with Crippen molar-refractivity contribution in [2.45, 2.75) is 20.5 Å². The van der Waals surface area contributed by atoms with Crippen LogP contribution in [0.4, 0.5) is 4.39 Å². The Kier molecular flexibility index (Phi) is 9.63. The first kappa shape index (κ1) is 28.9. The number of esters is 1. The molecule has 0 saturated carbocycles. The smallest absolute Gasteiger partial charge is 0.344 e. The highest BCUT2D eigenvalue weighted by Gasteiger charge is 2.34. The molecule has 0 aliphatic carbocycles. The van der Waals surface area contributed by atoms with E-state index in [9.17, 15) is 19.1 Å². The van der Waals surface area contributed by atoms with Crippen molar-refractivity contribution in [3.05, 3.63) is 110 Å². The van der Waals surface area contributed by atoms with E-state index in [1.54, 1.807) is 61.5 Å². The predicted octanol–water partition coefficient (Wildman–Crippen LogP) is 7.16. The van der Waals surface area contributed by atoms with Crippen LogP contribution in [-0.2, 0) is 16.1 Å². The normalized spacial score (nSPS) is 15.0.